The number of benzene rings is 2. The number of ether oxygens (including phenoxy) is 1. The molecule has 0 aliphatic carbocycles. The molecule has 0 bridgehead atoms. The molecule has 152 valence electrons. The van der Waals surface area contributed by atoms with Crippen LogP contribution in [0, 0.1) is 11.3 Å². The molecule has 2 heterocycles. The fourth-order valence-corrected chi connectivity index (χ4v) is 4.29. The standard InChI is InChI=1S/C23H22N4O3/c1-22(2,3)30-21(29)27-19(25)15(13-24)18(14-9-5-4-6-10-14)23(27)16-11-7-8-12-17(16)26-20(23)28/h4-12,18H,25H2,1-3H3,(H,26,28)/t18-,23+/m1/s1. The molecule has 2 aromatic carbocycles. The minimum atomic E-state index is -1.56. The van der Waals surface area contributed by atoms with E-state index < -0.39 is 29.1 Å². The average Bonchev–Trinajstić information content (AvgIpc) is 3.13. The smallest absolute Gasteiger partial charge is 0.417 e. The van der Waals surface area contributed by atoms with Gasteiger partial charge in [0.05, 0.1) is 17.6 Å². The van der Waals surface area contributed by atoms with Gasteiger partial charge in [-0.1, -0.05) is 48.5 Å². The van der Waals surface area contributed by atoms with Crippen LogP contribution in [-0.2, 0) is 15.1 Å². The van der Waals surface area contributed by atoms with Gasteiger partial charge in [0.1, 0.15) is 11.4 Å². The fraction of sp³-hybridized carbons (Fsp3) is 0.261. The average molecular weight is 402 g/mol. The molecule has 0 saturated heterocycles. The van der Waals surface area contributed by atoms with Gasteiger partial charge in [-0.25, -0.2) is 9.69 Å². The van der Waals surface area contributed by atoms with Crippen molar-refractivity contribution >= 4 is 17.7 Å². The van der Waals surface area contributed by atoms with Crippen molar-refractivity contribution < 1.29 is 14.3 Å². The molecule has 2 aliphatic heterocycles. The van der Waals surface area contributed by atoms with E-state index in [1.54, 1.807) is 45.0 Å². The van der Waals surface area contributed by atoms with Crippen molar-refractivity contribution in [1.82, 2.24) is 4.90 Å². The molecular formula is C23H22N4O3. The van der Waals surface area contributed by atoms with Gasteiger partial charge in [0.15, 0.2) is 5.54 Å². The summed E-state index contributed by atoms with van der Waals surface area (Å²) >= 11 is 0. The summed E-state index contributed by atoms with van der Waals surface area (Å²) in [7, 11) is 0. The summed E-state index contributed by atoms with van der Waals surface area (Å²) in [6.45, 7) is 5.20. The maximum Gasteiger partial charge on any atom is 0.417 e. The third-order valence-corrected chi connectivity index (χ3v) is 5.34. The van der Waals surface area contributed by atoms with Crippen molar-refractivity contribution in [3.63, 3.8) is 0 Å². The van der Waals surface area contributed by atoms with Crippen molar-refractivity contribution in [2.75, 3.05) is 5.32 Å². The number of anilines is 1. The molecule has 7 nitrogen and oxygen atoms in total. The van der Waals surface area contributed by atoms with Gasteiger partial charge in [-0.2, -0.15) is 5.26 Å². The Morgan fingerprint density at radius 3 is 2.43 bits per heavy atom. The van der Waals surface area contributed by atoms with Crippen LogP contribution in [0.25, 0.3) is 0 Å². The number of hydrogen-bond acceptors (Lipinski definition) is 5. The third-order valence-electron chi connectivity index (χ3n) is 5.34. The molecule has 2 atom stereocenters. The summed E-state index contributed by atoms with van der Waals surface area (Å²) < 4.78 is 5.60. The summed E-state index contributed by atoms with van der Waals surface area (Å²) in [6, 6.07) is 18.4. The number of fused-ring (bicyclic) bond motifs is 2. The summed E-state index contributed by atoms with van der Waals surface area (Å²) in [4.78, 5) is 28.0. The monoisotopic (exact) mass is 402 g/mol. The van der Waals surface area contributed by atoms with Gasteiger partial charge < -0.3 is 15.8 Å². The number of nitrogens with one attached hydrogen (secondary N) is 1. The van der Waals surface area contributed by atoms with E-state index in [2.05, 4.69) is 11.4 Å². The number of hydrogen-bond donors (Lipinski definition) is 2. The lowest BCUT2D eigenvalue weighted by Gasteiger charge is -2.38. The second-order valence-corrected chi connectivity index (χ2v) is 8.34. The number of carbonyl (C=O) groups excluding carboxylic acids is 2. The summed E-state index contributed by atoms with van der Waals surface area (Å²) in [5.74, 6) is -1.29. The topological polar surface area (TPSA) is 108 Å². The van der Waals surface area contributed by atoms with Crippen LogP contribution in [0.1, 0.15) is 37.8 Å². The van der Waals surface area contributed by atoms with Gasteiger partial charge in [-0.05, 0) is 32.4 Å². The van der Waals surface area contributed by atoms with Gasteiger partial charge in [0, 0.05) is 11.3 Å². The number of nitrogens with two attached hydrogens (primary N) is 1. The lowest BCUT2D eigenvalue weighted by molar-refractivity contribution is -0.126. The maximum atomic E-state index is 13.6. The van der Waals surface area contributed by atoms with Crippen LogP contribution in [-0.4, -0.2) is 22.5 Å². The van der Waals surface area contributed by atoms with Crippen molar-refractivity contribution in [2.24, 2.45) is 5.73 Å². The quantitative estimate of drug-likeness (QED) is 0.758. The van der Waals surface area contributed by atoms with Crippen LogP contribution in [0.3, 0.4) is 0 Å². The SMILES string of the molecule is CC(C)(C)OC(=O)N1C(N)=C(C#N)[C@@H](c2ccccc2)[C@@]12C(=O)Nc1ccccc12. The molecule has 0 unspecified atom stereocenters. The summed E-state index contributed by atoms with van der Waals surface area (Å²) in [5.41, 5.74) is 5.98. The summed E-state index contributed by atoms with van der Waals surface area (Å²) in [5, 5.41) is 12.8. The zero-order chi connectivity index (χ0) is 21.7. The van der Waals surface area contributed by atoms with E-state index in [-0.39, 0.29) is 11.4 Å². The highest BCUT2D eigenvalue weighted by Crippen LogP contribution is 2.57. The predicted octanol–water partition coefficient (Wildman–Crippen LogP) is 3.56. The Morgan fingerprint density at radius 1 is 1.17 bits per heavy atom. The highest BCUT2D eigenvalue weighted by molar-refractivity contribution is 6.09. The molecule has 4 rings (SSSR count). The normalized spacial score (nSPS) is 22.7. The zero-order valence-electron chi connectivity index (χ0n) is 17.0. The molecule has 2 aromatic rings. The Hall–Kier alpha value is -3.79. The molecule has 2 aliphatic rings. The fourth-order valence-electron chi connectivity index (χ4n) is 4.29. The minimum Gasteiger partial charge on any atom is -0.443 e. The van der Waals surface area contributed by atoms with Crippen LogP contribution in [0.2, 0.25) is 0 Å². The lowest BCUT2D eigenvalue weighted by atomic mass is 9.73. The van der Waals surface area contributed by atoms with Crippen LogP contribution >= 0.6 is 0 Å². The first-order valence-electron chi connectivity index (χ1n) is 9.60. The van der Waals surface area contributed by atoms with Crippen LogP contribution in [0.4, 0.5) is 10.5 Å². The van der Waals surface area contributed by atoms with E-state index in [1.165, 1.54) is 0 Å². The summed E-state index contributed by atoms with van der Waals surface area (Å²) in [6.07, 6.45) is -0.780. The number of rotatable bonds is 1. The van der Waals surface area contributed by atoms with Crippen molar-refractivity contribution in [2.45, 2.75) is 37.8 Å². The molecule has 0 radical (unpaired) electrons. The second-order valence-electron chi connectivity index (χ2n) is 8.34. The second kappa shape index (κ2) is 6.63. The number of carbonyl (C=O) groups is 2. The Kier molecular flexibility index (Phi) is 4.31. The lowest BCUT2D eigenvalue weighted by Crippen LogP contribution is -2.55. The molecule has 30 heavy (non-hydrogen) atoms. The Morgan fingerprint density at radius 2 is 1.80 bits per heavy atom. The van der Waals surface area contributed by atoms with Gasteiger partial charge in [0.2, 0.25) is 0 Å². The predicted molar refractivity (Wildman–Crippen MR) is 111 cm³/mol. The van der Waals surface area contributed by atoms with Gasteiger partial charge in [-0.3, -0.25) is 4.79 Å². The first kappa shape index (κ1) is 19.5. The molecule has 0 saturated carbocycles. The van der Waals surface area contributed by atoms with Crippen molar-refractivity contribution in [3.8, 4) is 6.07 Å². The third kappa shape index (κ3) is 2.65. The van der Waals surface area contributed by atoms with Crippen LogP contribution in [0.15, 0.2) is 66.0 Å². The van der Waals surface area contributed by atoms with Crippen molar-refractivity contribution in [1.29, 1.82) is 5.26 Å². The van der Waals surface area contributed by atoms with E-state index in [0.29, 0.717) is 16.8 Å². The largest absolute Gasteiger partial charge is 0.443 e. The molecule has 0 aromatic heterocycles. The van der Waals surface area contributed by atoms with Gasteiger partial charge in [-0.15, -0.1) is 0 Å². The minimum absolute atomic E-state index is 0.0764. The van der Waals surface area contributed by atoms with E-state index in [0.717, 1.165) is 4.90 Å². The van der Waals surface area contributed by atoms with Crippen molar-refractivity contribution in [3.05, 3.63) is 77.1 Å². The molecule has 0 fully saturated rings. The van der Waals surface area contributed by atoms with E-state index in [4.69, 9.17) is 10.5 Å². The highest BCUT2D eigenvalue weighted by Gasteiger charge is 2.65. The number of amides is 2. The van der Waals surface area contributed by atoms with Gasteiger partial charge in [0.25, 0.3) is 5.91 Å². The van der Waals surface area contributed by atoms with E-state index in [9.17, 15) is 14.9 Å². The Balaban J connectivity index is 2.03. The first-order valence-corrected chi connectivity index (χ1v) is 9.60. The molecule has 1 spiro atoms. The van der Waals surface area contributed by atoms with Crippen LogP contribution < -0.4 is 11.1 Å². The maximum absolute atomic E-state index is 13.6. The Labute approximate surface area is 174 Å². The first-order chi connectivity index (χ1) is 14.2. The van der Waals surface area contributed by atoms with E-state index in [1.807, 2.05) is 30.3 Å². The number of nitrogens with zero attached hydrogens (tertiary/aromatic N) is 2. The molecular weight excluding hydrogens is 380 g/mol. The molecule has 3 N–H and O–H groups in total. The zero-order valence-corrected chi connectivity index (χ0v) is 17.0. The number of nitriles is 1. The molecule has 2 amide bonds. The number of para-hydroxylation sites is 1. The van der Waals surface area contributed by atoms with Crippen LogP contribution in [0.5, 0.6) is 0 Å². The van der Waals surface area contributed by atoms with Gasteiger partial charge >= 0.3 is 6.09 Å². The Bertz CT molecular complexity index is 1110. The molecule has 7 heteroatoms. The highest BCUT2D eigenvalue weighted by atomic mass is 16.6. The van der Waals surface area contributed by atoms with E-state index >= 15 is 0 Å².